The van der Waals surface area contributed by atoms with Gasteiger partial charge in [-0.3, -0.25) is 9.00 Å². The Hall–Kier alpha value is -1.43. The highest BCUT2D eigenvalue weighted by Crippen LogP contribution is 2.13. The third kappa shape index (κ3) is 4.14. The number of halogens is 1. The van der Waals surface area contributed by atoms with Crippen LogP contribution in [0.5, 0.6) is 0 Å². The smallest absolute Gasteiger partial charge is 0.234 e. The van der Waals surface area contributed by atoms with Gasteiger partial charge in [-0.05, 0) is 12.1 Å². The molecule has 0 fully saturated rings. The zero-order valence-electron chi connectivity index (χ0n) is 9.77. The molecule has 1 aromatic carbocycles. The lowest BCUT2D eigenvalue weighted by Crippen LogP contribution is -2.27. The molecule has 1 unspecified atom stereocenters. The molecule has 0 aliphatic carbocycles. The summed E-state index contributed by atoms with van der Waals surface area (Å²) in [5.74, 6) is -0.808. The van der Waals surface area contributed by atoms with Gasteiger partial charge in [-0.25, -0.2) is 4.39 Å². The fourth-order valence-corrected chi connectivity index (χ4v) is 2.39. The van der Waals surface area contributed by atoms with Gasteiger partial charge in [0.25, 0.3) is 0 Å². The molecule has 0 aliphatic rings. The number of carbonyl (C=O) groups excluding carboxylic acids is 1. The number of nitrogens with zero attached hydrogens (tertiary/aromatic N) is 1. The maximum absolute atomic E-state index is 13.4. The number of anilines is 1. The summed E-state index contributed by atoms with van der Waals surface area (Å²) in [6, 6.07) is 4.21. The highest BCUT2D eigenvalue weighted by atomic mass is 32.2. The number of nitrogen functional groups attached to an aromatic ring is 1. The Labute approximate surface area is 102 Å². The predicted octanol–water partition coefficient (Wildman–Crippen LogP) is 0.745. The number of hydrogen-bond acceptors (Lipinski definition) is 3. The van der Waals surface area contributed by atoms with E-state index in [4.69, 9.17) is 5.73 Å². The van der Waals surface area contributed by atoms with E-state index in [1.165, 1.54) is 17.0 Å². The molecule has 0 saturated heterocycles. The molecule has 0 radical (unpaired) electrons. The monoisotopic (exact) mass is 258 g/mol. The van der Waals surface area contributed by atoms with Crippen LogP contribution in [0.4, 0.5) is 10.1 Å². The van der Waals surface area contributed by atoms with E-state index in [-0.39, 0.29) is 17.4 Å². The Morgan fingerprint density at radius 3 is 2.65 bits per heavy atom. The van der Waals surface area contributed by atoms with Crippen molar-refractivity contribution in [2.75, 3.05) is 25.6 Å². The Morgan fingerprint density at radius 2 is 2.12 bits per heavy atom. The quantitative estimate of drug-likeness (QED) is 0.810. The largest absolute Gasteiger partial charge is 0.399 e. The number of rotatable bonds is 4. The van der Waals surface area contributed by atoms with Gasteiger partial charge in [-0.2, -0.15) is 0 Å². The summed E-state index contributed by atoms with van der Waals surface area (Å²) in [6.45, 7) is 0. The molecule has 0 aromatic heterocycles. The second-order valence-electron chi connectivity index (χ2n) is 3.87. The van der Waals surface area contributed by atoms with Crippen LogP contribution in [0.25, 0.3) is 0 Å². The minimum Gasteiger partial charge on any atom is -0.399 e. The van der Waals surface area contributed by atoms with Gasteiger partial charge in [0.05, 0.1) is 5.75 Å². The first kappa shape index (κ1) is 13.6. The third-order valence-electron chi connectivity index (χ3n) is 2.18. The first-order chi connectivity index (χ1) is 7.90. The Bertz CT molecular complexity index is 449. The molecule has 6 heteroatoms. The number of amides is 1. The second-order valence-corrected chi connectivity index (χ2v) is 5.32. The average Bonchev–Trinajstić information content (AvgIpc) is 2.22. The minimum atomic E-state index is -1.41. The van der Waals surface area contributed by atoms with E-state index in [0.717, 1.165) is 0 Å². The minimum absolute atomic E-state index is 0.0195. The molecule has 1 atom stereocenters. The molecule has 2 N–H and O–H groups in total. The van der Waals surface area contributed by atoms with E-state index in [1.54, 1.807) is 20.2 Å². The van der Waals surface area contributed by atoms with Crippen molar-refractivity contribution >= 4 is 22.4 Å². The molecule has 0 heterocycles. The van der Waals surface area contributed by atoms with Gasteiger partial charge in [0.1, 0.15) is 11.6 Å². The van der Waals surface area contributed by atoms with Crippen LogP contribution in [0.15, 0.2) is 18.2 Å². The number of benzene rings is 1. The SMILES string of the molecule is CN(C)C(=O)CS(=O)Cc1ccc(N)cc1F. The van der Waals surface area contributed by atoms with E-state index >= 15 is 0 Å². The van der Waals surface area contributed by atoms with Crippen LogP contribution in [-0.2, 0) is 21.3 Å². The summed E-state index contributed by atoms with van der Waals surface area (Å²) in [7, 11) is 1.76. The molecular formula is C11H15FN2O2S. The predicted molar refractivity (Wildman–Crippen MR) is 66.2 cm³/mol. The number of hydrogen-bond donors (Lipinski definition) is 1. The van der Waals surface area contributed by atoms with E-state index in [9.17, 15) is 13.4 Å². The van der Waals surface area contributed by atoms with Gasteiger partial charge < -0.3 is 10.6 Å². The van der Waals surface area contributed by atoms with Crippen LogP contribution in [0.3, 0.4) is 0 Å². The molecule has 4 nitrogen and oxygen atoms in total. The van der Waals surface area contributed by atoms with E-state index in [1.807, 2.05) is 0 Å². The van der Waals surface area contributed by atoms with Gasteiger partial charge in [-0.1, -0.05) is 6.07 Å². The van der Waals surface area contributed by atoms with Crippen LogP contribution in [0, 0.1) is 5.82 Å². The topological polar surface area (TPSA) is 63.4 Å². The Balaban J connectivity index is 2.65. The van der Waals surface area contributed by atoms with E-state index in [2.05, 4.69) is 0 Å². The van der Waals surface area contributed by atoms with Gasteiger partial charge in [0.2, 0.25) is 5.91 Å². The molecule has 1 aromatic rings. The Kier molecular flexibility index (Phi) is 4.62. The lowest BCUT2D eigenvalue weighted by molar-refractivity contribution is -0.125. The molecule has 0 aliphatic heterocycles. The fraction of sp³-hybridized carbons (Fsp3) is 0.364. The summed E-state index contributed by atoms with van der Waals surface area (Å²) in [4.78, 5) is 12.7. The van der Waals surface area contributed by atoms with Gasteiger partial charge in [0, 0.05) is 36.1 Å². The third-order valence-corrected chi connectivity index (χ3v) is 3.38. The summed E-state index contributed by atoms with van der Waals surface area (Å²) in [5, 5.41) is 0. The van der Waals surface area contributed by atoms with Crippen LogP contribution >= 0.6 is 0 Å². The molecule has 0 bridgehead atoms. The second kappa shape index (κ2) is 5.77. The first-order valence-corrected chi connectivity index (χ1v) is 6.48. The van der Waals surface area contributed by atoms with Gasteiger partial charge >= 0.3 is 0 Å². The van der Waals surface area contributed by atoms with E-state index < -0.39 is 16.6 Å². The van der Waals surface area contributed by atoms with Crippen molar-refractivity contribution in [1.82, 2.24) is 4.90 Å². The van der Waals surface area contributed by atoms with Crippen molar-refractivity contribution in [3.05, 3.63) is 29.6 Å². The van der Waals surface area contributed by atoms with Crippen LogP contribution in [0.1, 0.15) is 5.56 Å². The summed E-state index contributed by atoms with van der Waals surface area (Å²) >= 11 is 0. The molecular weight excluding hydrogens is 243 g/mol. The first-order valence-electron chi connectivity index (χ1n) is 4.99. The lowest BCUT2D eigenvalue weighted by atomic mass is 10.2. The summed E-state index contributed by atoms with van der Waals surface area (Å²) in [6.07, 6.45) is 0. The van der Waals surface area contributed by atoms with Crippen molar-refractivity contribution in [2.45, 2.75) is 5.75 Å². The fourth-order valence-electron chi connectivity index (χ4n) is 1.17. The van der Waals surface area contributed by atoms with Crippen LogP contribution in [0.2, 0.25) is 0 Å². The molecule has 94 valence electrons. The van der Waals surface area contributed by atoms with Gasteiger partial charge in [0.15, 0.2) is 0 Å². The molecule has 0 saturated carbocycles. The highest BCUT2D eigenvalue weighted by molar-refractivity contribution is 7.84. The summed E-state index contributed by atoms with van der Waals surface area (Å²) < 4.78 is 25.0. The zero-order chi connectivity index (χ0) is 13.0. The Morgan fingerprint density at radius 1 is 1.47 bits per heavy atom. The van der Waals surface area contributed by atoms with E-state index in [0.29, 0.717) is 11.3 Å². The standard InChI is InChI=1S/C11H15FN2O2S/c1-14(2)11(15)7-17(16)6-8-3-4-9(13)5-10(8)12/h3-5H,6-7,13H2,1-2H3. The molecule has 1 rings (SSSR count). The highest BCUT2D eigenvalue weighted by Gasteiger charge is 2.12. The van der Waals surface area contributed by atoms with Crippen LogP contribution in [-0.4, -0.2) is 34.9 Å². The summed E-state index contributed by atoms with van der Waals surface area (Å²) in [5.41, 5.74) is 6.03. The van der Waals surface area contributed by atoms with Crippen molar-refractivity contribution in [2.24, 2.45) is 0 Å². The van der Waals surface area contributed by atoms with Crippen molar-refractivity contribution < 1.29 is 13.4 Å². The molecule has 0 spiro atoms. The van der Waals surface area contributed by atoms with Crippen LogP contribution < -0.4 is 5.73 Å². The average molecular weight is 258 g/mol. The van der Waals surface area contributed by atoms with Crippen molar-refractivity contribution in [3.8, 4) is 0 Å². The van der Waals surface area contributed by atoms with Crippen molar-refractivity contribution in [1.29, 1.82) is 0 Å². The number of carbonyl (C=O) groups is 1. The maximum Gasteiger partial charge on any atom is 0.234 e. The molecule has 17 heavy (non-hydrogen) atoms. The van der Waals surface area contributed by atoms with Crippen molar-refractivity contribution in [3.63, 3.8) is 0 Å². The normalized spacial score (nSPS) is 12.2. The molecule has 1 amide bonds. The van der Waals surface area contributed by atoms with Gasteiger partial charge in [-0.15, -0.1) is 0 Å². The number of nitrogens with two attached hydrogens (primary N) is 1. The zero-order valence-corrected chi connectivity index (χ0v) is 10.6. The maximum atomic E-state index is 13.4. The lowest BCUT2D eigenvalue weighted by Gasteiger charge is -2.10.